The summed E-state index contributed by atoms with van der Waals surface area (Å²) in [7, 11) is 0. The average molecular weight is 209 g/mol. The SMILES string of the molecule is Oc1cccc2c1C=Cc1ccccc1N2. The molecule has 2 heteroatoms. The molecule has 1 heterocycles. The van der Waals surface area contributed by atoms with Crippen LogP contribution >= 0.6 is 0 Å². The second-order valence-electron chi connectivity index (χ2n) is 3.78. The molecule has 0 fully saturated rings. The lowest BCUT2D eigenvalue weighted by Crippen LogP contribution is -1.92. The average Bonchev–Trinajstić information content (AvgIpc) is 2.48. The summed E-state index contributed by atoms with van der Waals surface area (Å²) in [5.74, 6) is 0.300. The van der Waals surface area contributed by atoms with Gasteiger partial charge in [0.15, 0.2) is 0 Å². The fraction of sp³-hybridized carbons (Fsp3) is 0. The Bertz CT molecular complexity index is 573. The van der Waals surface area contributed by atoms with Crippen molar-refractivity contribution in [3.8, 4) is 5.75 Å². The van der Waals surface area contributed by atoms with Gasteiger partial charge in [-0.15, -0.1) is 0 Å². The van der Waals surface area contributed by atoms with Gasteiger partial charge >= 0.3 is 0 Å². The van der Waals surface area contributed by atoms with Gasteiger partial charge in [0.2, 0.25) is 0 Å². The molecule has 0 atom stereocenters. The fourth-order valence-corrected chi connectivity index (χ4v) is 1.91. The molecule has 3 rings (SSSR count). The van der Waals surface area contributed by atoms with E-state index in [0.29, 0.717) is 5.75 Å². The molecule has 2 nitrogen and oxygen atoms in total. The van der Waals surface area contributed by atoms with E-state index >= 15 is 0 Å². The molecule has 0 aliphatic carbocycles. The van der Waals surface area contributed by atoms with Crippen molar-refractivity contribution in [1.29, 1.82) is 0 Å². The van der Waals surface area contributed by atoms with Crippen LogP contribution in [0.25, 0.3) is 12.2 Å². The summed E-state index contributed by atoms with van der Waals surface area (Å²) in [6.07, 6.45) is 3.94. The van der Waals surface area contributed by atoms with Crippen LogP contribution < -0.4 is 5.32 Å². The smallest absolute Gasteiger partial charge is 0.124 e. The zero-order valence-corrected chi connectivity index (χ0v) is 8.64. The van der Waals surface area contributed by atoms with Gasteiger partial charge in [-0.2, -0.15) is 0 Å². The Balaban J connectivity index is 2.21. The summed E-state index contributed by atoms with van der Waals surface area (Å²) < 4.78 is 0. The minimum absolute atomic E-state index is 0.300. The van der Waals surface area contributed by atoms with Crippen molar-refractivity contribution in [2.24, 2.45) is 0 Å². The maximum absolute atomic E-state index is 9.77. The molecule has 0 unspecified atom stereocenters. The number of nitrogens with one attached hydrogen (secondary N) is 1. The molecule has 2 N–H and O–H groups in total. The van der Waals surface area contributed by atoms with Gasteiger partial charge in [0.1, 0.15) is 5.75 Å². The molecule has 0 radical (unpaired) electrons. The van der Waals surface area contributed by atoms with Crippen LogP contribution in [0.1, 0.15) is 11.1 Å². The first-order chi connectivity index (χ1) is 7.84. The predicted octanol–water partition coefficient (Wildman–Crippen LogP) is 3.62. The second kappa shape index (κ2) is 3.42. The summed E-state index contributed by atoms with van der Waals surface area (Å²) in [4.78, 5) is 0. The maximum Gasteiger partial charge on any atom is 0.124 e. The van der Waals surface area contributed by atoms with Crippen LogP contribution in [0.3, 0.4) is 0 Å². The number of rotatable bonds is 0. The Morgan fingerprint density at radius 3 is 2.56 bits per heavy atom. The van der Waals surface area contributed by atoms with E-state index in [1.54, 1.807) is 6.07 Å². The molecule has 16 heavy (non-hydrogen) atoms. The zero-order chi connectivity index (χ0) is 11.0. The van der Waals surface area contributed by atoms with Gasteiger partial charge in [-0.3, -0.25) is 0 Å². The van der Waals surface area contributed by atoms with Gasteiger partial charge in [-0.1, -0.05) is 30.3 Å². The normalized spacial score (nSPS) is 12.2. The van der Waals surface area contributed by atoms with Crippen LogP contribution in [0.4, 0.5) is 11.4 Å². The minimum Gasteiger partial charge on any atom is -0.507 e. The topological polar surface area (TPSA) is 32.3 Å². The van der Waals surface area contributed by atoms with Crippen molar-refractivity contribution in [2.45, 2.75) is 0 Å². The summed E-state index contributed by atoms with van der Waals surface area (Å²) >= 11 is 0. The highest BCUT2D eigenvalue weighted by atomic mass is 16.3. The van der Waals surface area contributed by atoms with Gasteiger partial charge in [-0.25, -0.2) is 0 Å². The summed E-state index contributed by atoms with van der Waals surface area (Å²) in [5.41, 5.74) is 3.95. The van der Waals surface area contributed by atoms with Crippen molar-refractivity contribution in [3.05, 3.63) is 53.6 Å². The van der Waals surface area contributed by atoms with Crippen LogP contribution in [0, 0.1) is 0 Å². The van der Waals surface area contributed by atoms with Gasteiger partial charge < -0.3 is 10.4 Å². The van der Waals surface area contributed by atoms with Crippen molar-refractivity contribution in [2.75, 3.05) is 5.32 Å². The maximum atomic E-state index is 9.77. The molecule has 2 aromatic carbocycles. The number of aromatic hydroxyl groups is 1. The molecule has 2 aromatic rings. The molecule has 1 aliphatic heterocycles. The monoisotopic (exact) mass is 209 g/mol. The highest BCUT2D eigenvalue weighted by molar-refractivity contribution is 5.89. The fourth-order valence-electron chi connectivity index (χ4n) is 1.91. The first kappa shape index (κ1) is 9.04. The Kier molecular flexibility index (Phi) is 1.93. The van der Waals surface area contributed by atoms with Gasteiger partial charge in [0.25, 0.3) is 0 Å². The lowest BCUT2D eigenvalue weighted by molar-refractivity contribution is 0.474. The van der Waals surface area contributed by atoms with Crippen molar-refractivity contribution < 1.29 is 5.11 Å². The highest BCUT2D eigenvalue weighted by Crippen LogP contribution is 2.34. The highest BCUT2D eigenvalue weighted by Gasteiger charge is 2.09. The Morgan fingerprint density at radius 1 is 0.812 bits per heavy atom. The summed E-state index contributed by atoms with van der Waals surface area (Å²) in [5, 5.41) is 13.1. The van der Waals surface area contributed by atoms with Gasteiger partial charge in [0, 0.05) is 16.9 Å². The Hall–Kier alpha value is -2.22. The molecule has 0 amide bonds. The second-order valence-corrected chi connectivity index (χ2v) is 3.78. The van der Waals surface area contributed by atoms with Crippen LogP contribution in [-0.2, 0) is 0 Å². The lowest BCUT2D eigenvalue weighted by atomic mass is 10.1. The van der Waals surface area contributed by atoms with Crippen molar-refractivity contribution >= 4 is 23.5 Å². The molecular weight excluding hydrogens is 198 g/mol. The Labute approximate surface area is 93.9 Å². The van der Waals surface area contributed by atoms with Crippen molar-refractivity contribution in [3.63, 3.8) is 0 Å². The quantitative estimate of drug-likeness (QED) is 0.592. The number of hydrogen-bond acceptors (Lipinski definition) is 2. The number of fused-ring (bicyclic) bond motifs is 2. The van der Waals surface area contributed by atoms with E-state index in [4.69, 9.17) is 0 Å². The zero-order valence-electron chi connectivity index (χ0n) is 8.64. The molecule has 0 aromatic heterocycles. The molecule has 0 saturated carbocycles. The predicted molar refractivity (Wildman–Crippen MR) is 66.8 cm³/mol. The molecule has 78 valence electrons. The van der Waals surface area contributed by atoms with Crippen LogP contribution in [0.2, 0.25) is 0 Å². The molecule has 0 bridgehead atoms. The van der Waals surface area contributed by atoms with E-state index in [2.05, 4.69) is 5.32 Å². The van der Waals surface area contributed by atoms with E-state index in [1.165, 1.54) is 0 Å². The number of phenolic OH excluding ortho intramolecular Hbond substituents is 1. The summed E-state index contributed by atoms with van der Waals surface area (Å²) in [6.45, 7) is 0. The summed E-state index contributed by atoms with van der Waals surface area (Å²) in [6, 6.07) is 13.6. The molecule has 0 spiro atoms. The Morgan fingerprint density at radius 2 is 1.62 bits per heavy atom. The third kappa shape index (κ3) is 1.36. The molecule has 1 aliphatic rings. The van der Waals surface area contributed by atoms with E-state index < -0.39 is 0 Å². The van der Waals surface area contributed by atoms with E-state index in [0.717, 1.165) is 22.5 Å². The standard InChI is InChI=1S/C14H11NO/c16-14-7-3-6-13-11(14)9-8-10-4-1-2-5-12(10)15-13/h1-9,15-16H. The number of para-hydroxylation sites is 1. The number of anilines is 2. The van der Waals surface area contributed by atoms with Crippen molar-refractivity contribution in [1.82, 2.24) is 0 Å². The van der Waals surface area contributed by atoms with Crippen LogP contribution in [0.15, 0.2) is 42.5 Å². The van der Waals surface area contributed by atoms with Crippen LogP contribution in [0.5, 0.6) is 5.75 Å². The van der Waals surface area contributed by atoms with E-state index in [1.807, 2.05) is 48.6 Å². The van der Waals surface area contributed by atoms with Gasteiger partial charge in [-0.05, 0) is 29.8 Å². The van der Waals surface area contributed by atoms with Gasteiger partial charge in [0.05, 0.1) is 0 Å². The van der Waals surface area contributed by atoms with E-state index in [-0.39, 0.29) is 0 Å². The number of hydrogen-bond donors (Lipinski definition) is 2. The number of phenols is 1. The lowest BCUT2D eigenvalue weighted by Gasteiger charge is -2.09. The molecule has 0 saturated heterocycles. The van der Waals surface area contributed by atoms with Crippen LogP contribution in [-0.4, -0.2) is 5.11 Å². The third-order valence-corrected chi connectivity index (χ3v) is 2.74. The minimum atomic E-state index is 0.300. The first-order valence-electron chi connectivity index (χ1n) is 5.21. The number of benzene rings is 2. The third-order valence-electron chi connectivity index (χ3n) is 2.74. The molecular formula is C14H11NO. The van der Waals surface area contributed by atoms with E-state index in [9.17, 15) is 5.11 Å². The first-order valence-corrected chi connectivity index (χ1v) is 5.21. The largest absolute Gasteiger partial charge is 0.507 e.